The first-order valence-electron chi connectivity index (χ1n) is 9.46. The summed E-state index contributed by atoms with van der Waals surface area (Å²) in [7, 11) is -3.32. The maximum Gasteiger partial charge on any atom is 0.416 e. The van der Waals surface area contributed by atoms with Crippen LogP contribution < -0.4 is 0 Å². The maximum absolute atomic E-state index is 12.8. The van der Waals surface area contributed by atoms with E-state index >= 15 is 0 Å². The van der Waals surface area contributed by atoms with Gasteiger partial charge in [-0.2, -0.15) is 13.2 Å². The fraction of sp³-hybridized carbons (Fsp3) is 0.429. The van der Waals surface area contributed by atoms with E-state index < -0.39 is 21.6 Å². The largest absolute Gasteiger partial charge is 0.416 e. The quantitative estimate of drug-likeness (QED) is 0.664. The fourth-order valence-electron chi connectivity index (χ4n) is 3.73. The molecule has 0 amide bonds. The highest BCUT2D eigenvalue weighted by atomic mass is 32.2. The Labute approximate surface area is 164 Å². The number of rotatable bonds is 6. The SMILES string of the molecule is O=S(=O)(CCCN1CCCCC1c1ccc(C(F)(F)F)cc1)c1ccccc1. The van der Waals surface area contributed by atoms with E-state index in [1.54, 1.807) is 42.5 Å². The summed E-state index contributed by atoms with van der Waals surface area (Å²) in [6.07, 6.45) is -0.936. The van der Waals surface area contributed by atoms with Gasteiger partial charge in [-0.1, -0.05) is 36.8 Å². The number of likely N-dealkylation sites (tertiary alicyclic amines) is 1. The Kier molecular flexibility index (Phi) is 6.45. The van der Waals surface area contributed by atoms with Crippen molar-refractivity contribution in [2.45, 2.75) is 42.8 Å². The first-order chi connectivity index (χ1) is 13.3. The van der Waals surface area contributed by atoms with Gasteiger partial charge in [0.05, 0.1) is 16.2 Å². The van der Waals surface area contributed by atoms with Gasteiger partial charge >= 0.3 is 6.18 Å². The van der Waals surface area contributed by atoms with Crippen molar-refractivity contribution in [1.29, 1.82) is 0 Å². The average Bonchev–Trinajstić information content (AvgIpc) is 2.68. The van der Waals surface area contributed by atoms with E-state index in [1.807, 2.05) is 0 Å². The first kappa shape index (κ1) is 20.9. The molecular formula is C21H24F3NO2S. The molecule has 3 nitrogen and oxygen atoms in total. The number of sulfone groups is 1. The third kappa shape index (κ3) is 5.14. The van der Waals surface area contributed by atoms with Gasteiger partial charge in [0.15, 0.2) is 9.84 Å². The molecule has 0 radical (unpaired) electrons. The van der Waals surface area contributed by atoms with Crippen LogP contribution in [0.25, 0.3) is 0 Å². The lowest BCUT2D eigenvalue weighted by atomic mass is 9.94. The van der Waals surface area contributed by atoms with Crippen molar-refractivity contribution < 1.29 is 21.6 Å². The predicted molar refractivity (Wildman–Crippen MR) is 103 cm³/mol. The molecule has 7 heteroatoms. The number of halogens is 3. The molecule has 2 aromatic carbocycles. The van der Waals surface area contributed by atoms with Gasteiger partial charge in [-0.05, 0) is 62.2 Å². The van der Waals surface area contributed by atoms with Crippen LogP contribution in [0.4, 0.5) is 13.2 Å². The molecule has 0 saturated carbocycles. The third-order valence-electron chi connectivity index (χ3n) is 5.20. The molecule has 28 heavy (non-hydrogen) atoms. The summed E-state index contributed by atoms with van der Waals surface area (Å²) < 4.78 is 63.2. The van der Waals surface area contributed by atoms with E-state index in [0.29, 0.717) is 17.9 Å². The molecule has 3 rings (SSSR count). The molecule has 1 aliphatic heterocycles. The fourth-order valence-corrected chi connectivity index (χ4v) is 5.05. The van der Waals surface area contributed by atoms with Gasteiger partial charge in [0.25, 0.3) is 0 Å². The molecule has 1 atom stereocenters. The van der Waals surface area contributed by atoms with E-state index in [9.17, 15) is 21.6 Å². The molecule has 2 aromatic rings. The summed E-state index contributed by atoms with van der Waals surface area (Å²) in [5, 5.41) is 0. The van der Waals surface area contributed by atoms with Crippen molar-refractivity contribution in [3.63, 3.8) is 0 Å². The van der Waals surface area contributed by atoms with Crippen molar-refractivity contribution in [1.82, 2.24) is 4.90 Å². The van der Waals surface area contributed by atoms with Crippen LogP contribution in [0.1, 0.15) is 42.9 Å². The van der Waals surface area contributed by atoms with Crippen molar-refractivity contribution in [2.75, 3.05) is 18.8 Å². The topological polar surface area (TPSA) is 37.4 Å². The van der Waals surface area contributed by atoms with Crippen molar-refractivity contribution >= 4 is 9.84 Å². The summed E-state index contributed by atoms with van der Waals surface area (Å²) >= 11 is 0. The third-order valence-corrected chi connectivity index (χ3v) is 7.01. The second-order valence-electron chi connectivity index (χ2n) is 7.15. The lowest BCUT2D eigenvalue weighted by Gasteiger charge is -2.36. The van der Waals surface area contributed by atoms with Gasteiger partial charge in [0, 0.05) is 6.04 Å². The van der Waals surface area contributed by atoms with Crippen LogP contribution in [0.15, 0.2) is 59.5 Å². The van der Waals surface area contributed by atoms with E-state index in [2.05, 4.69) is 4.90 Å². The summed E-state index contributed by atoms with van der Waals surface area (Å²) in [5.41, 5.74) is 0.214. The number of hydrogen-bond acceptors (Lipinski definition) is 3. The molecule has 1 heterocycles. The predicted octanol–water partition coefficient (Wildman–Crippen LogP) is 5.10. The van der Waals surface area contributed by atoms with Crippen LogP contribution in [-0.2, 0) is 16.0 Å². The summed E-state index contributed by atoms with van der Waals surface area (Å²) in [6.45, 7) is 1.44. The van der Waals surface area contributed by atoms with E-state index in [1.165, 1.54) is 0 Å². The van der Waals surface area contributed by atoms with Crippen molar-refractivity contribution in [2.24, 2.45) is 0 Å². The molecule has 0 aromatic heterocycles. The maximum atomic E-state index is 12.8. The highest BCUT2D eigenvalue weighted by molar-refractivity contribution is 7.91. The molecular weight excluding hydrogens is 387 g/mol. The van der Waals surface area contributed by atoms with E-state index in [-0.39, 0.29) is 11.8 Å². The second kappa shape index (κ2) is 8.66. The molecule has 152 valence electrons. The molecule has 1 unspecified atom stereocenters. The lowest BCUT2D eigenvalue weighted by molar-refractivity contribution is -0.137. The Balaban J connectivity index is 1.64. The van der Waals surface area contributed by atoms with Gasteiger partial charge in [-0.15, -0.1) is 0 Å². The van der Waals surface area contributed by atoms with Gasteiger partial charge in [-0.25, -0.2) is 8.42 Å². The zero-order chi connectivity index (χ0) is 20.2. The van der Waals surface area contributed by atoms with E-state index in [4.69, 9.17) is 0 Å². The van der Waals surface area contributed by atoms with Crippen LogP contribution in [-0.4, -0.2) is 32.2 Å². The number of hydrogen-bond donors (Lipinski definition) is 0. The molecule has 0 bridgehead atoms. The zero-order valence-electron chi connectivity index (χ0n) is 15.5. The molecule has 0 N–H and O–H groups in total. The Morgan fingerprint density at radius 1 is 0.964 bits per heavy atom. The molecule has 1 aliphatic rings. The minimum atomic E-state index is -4.34. The first-order valence-corrected chi connectivity index (χ1v) is 11.1. The van der Waals surface area contributed by atoms with Gasteiger partial charge in [-0.3, -0.25) is 4.90 Å². The van der Waals surface area contributed by atoms with E-state index in [0.717, 1.165) is 43.5 Å². The Morgan fingerprint density at radius 3 is 2.29 bits per heavy atom. The van der Waals surface area contributed by atoms with Gasteiger partial charge in [0.1, 0.15) is 0 Å². The zero-order valence-corrected chi connectivity index (χ0v) is 16.3. The molecule has 0 spiro atoms. The summed E-state index contributed by atoms with van der Waals surface area (Å²) in [5.74, 6) is 0.0627. The monoisotopic (exact) mass is 411 g/mol. The van der Waals surface area contributed by atoms with Crippen molar-refractivity contribution in [3.8, 4) is 0 Å². The van der Waals surface area contributed by atoms with Crippen LogP contribution in [0.5, 0.6) is 0 Å². The van der Waals surface area contributed by atoms with Crippen molar-refractivity contribution in [3.05, 3.63) is 65.7 Å². The smallest absolute Gasteiger partial charge is 0.296 e. The van der Waals surface area contributed by atoms with Crippen LogP contribution in [0.2, 0.25) is 0 Å². The Bertz CT molecular complexity index is 865. The number of alkyl halides is 3. The van der Waals surface area contributed by atoms with Gasteiger partial charge < -0.3 is 0 Å². The average molecular weight is 411 g/mol. The summed E-state index contributed by atoms with van der Waals surface area (Å²) in [6, 6.07) is 13.8. The standard InChI is InChI=1S/C21H24F3NO2S/c22-21(23,24)18-12-10-17(11-13-18)20-9-4-5-14-25(20)15-6-16-28(26,27)19-7-2-1-3-8-19/h1-3,7-8,10-13,20H,4-6,9,14-16H2. The molecule has 1 saturated heterocycles. The van der Waals surface area contributed by atoms with Crippen LogP contribution >= 0.6 is 0 Å². The van der Waals surface area contributed by atoms with Crippen LogP contribution in [0.3, 0.4) is 0 Å². The highest BCUT2D eigenvalue weighted by Crippen LogP contribution is 2.34. The number of piperidine rings is 1. The summed E-state index contributed by atoms with van der Waals surface area (Å²) in [4.78, 5) is 2.53. The highest BCUT2D eigenvalue weighted by Gasteiger charge is 2.31. The number of benzene rings is 2. The molecule has 1 fully saturated rings. The Hall–Kier alpha value is -1.86. The lowest BCUT2D eigenvalue weighted by Crippen LogP contribution is -2.35. The Morgan fingerprint density at radius 2 is 1.64 bits per heavy atom. The van der Waals surface area contributed by atoms with Crippen LogP contribution in [0, 0.1) is 0 Å². The number of nitrogens with zero attached hydrogens (tertiary/aromatic N) is 1. The normalized spacial score (nSPS) is 18.9. The van der Waals surface area contributed by atoms with Gasteiger partial charge in [0.2, 0.25) is 0 Å². The second-order valence-corrected chi connectivity index (χ2v) is 9.26. The minimum Gasteiger partial charge on any atom is -0.296 e. The molecule has 0 aliphatic carbocycles. The minimum absolute atomic E-state index is 0.0375.